The molecule has 0 fully saturated rings. The monoisotopic (exact) mass is 262 g/mol. The van der Waals surface area contributed by atoms with E-state index in [2.05, 4.69) is 16.6 Å². The van der Waals surface area contributed by atoms with Gasteiger partial charge in [-0.25, -0.2) is 13.1 Å². The lowest BCUT2D eigenvalue weighted by Crippen LogP contribution is -2.25. The average molecular weight is 262 g/mol. The van der Waals surface area contributed by atoms with Gasteiger partial charge in [0.25, 0.3) is 0 Å². The molecule has 0 bridgehead atoms. The molecule has 94 valence electrons. The van der Waals surface area contributed by atoms with Gasteiger partial charge in [-0.2, -0.15) is 5.26 Å². The van der Waals surface area contributed by atoms with Crippen molar-refractivity contribution in [1.82, 2.24) is 4.72 Å². The van der Waals surface area contributed by atoms with E-state index in [-0.39, 0.29) is 11.4 Å². The van der Waals surface area contributed by atoms with Crippen LogP contribution in [0.2, 0.25) is 0 Å². The minimum Gasteiger partial charge on any atom is -0.210 e. The van der Waals surface area contributed by atoms with Gasteiger partial charge in [0.05, 0.1) is 16.5 Å². The number of nitrogens with one attached hydrogen (secondary N) is 1. The summed E-state index contributed by atoms with van der Waals surface area (Å²) in [5, 5.41) is 8.78. The van der Waals surface area contributed by atoms with Crippen molar-refractivity contribution in [3.8, 4) is 17.9 Å². The number of nitriles is 1. The van der Waals surface area contributed by atoms with Crippen LogP contribution in [0.5, 0.6) is 0 Å². The predicted molar refractivity (Wildman–Crippen MR) is 69.1 cm³/mol. The Morgan fingerprint density at radius 2 is 2.11 bits per heavy atom. The molecule has 1 rings (SSSR count). The third-order valence-corrected chi connectivity index (χ3v) is 3.93. The zero-order valence-electron chi connectivity index (χ0n) is 10.3. The summed E-state index contributed by atoms with van der Waals surface area (Å²) < 4.78 is 26.5. The SMILES string of the molecule is CC#CCCNS(=O)(=O)c1cc(C#N)ccc1C. The van der Waals surface area contributed by atoms with Crippen LogP contribution in [0.1, 0.15) is 24.5 Å². The molecule has 0 aromatic heterocycles. The van der Waals surface area contributed by atoms with Crippen molar-refractivity contribution in [3.05, 3.63) is 29.3 Å². The van der Waals surface area contributed by atoms with E-state index in [1.54, 1.807) is 26.0 Å². The first kappa shape index (κ1) is 14.2. The Hall–Kier alpha value is -1.82. The van der Waals surface area contributed by atoms with E-state index < -0.39 is 10.0 Å². The van der Waals surface area contributed by atoms with E-state index in [9.17, 15) is 8.42 Å². The second-order valence-corrected chi connectivity index (χ2v) is 5.40. The molecule has 4 nitrogen and oxygen atoms in total. The molecule has 1 N–H and O–H groups in total. The summed E-state index contributed by atoms with van der Waals surface area (Å²) in [5.74, 6) is 5.48. The summed E-state index contributed by atoms with van der Waals surface area (Å²) >= 11 is 0. The normalized spacial score (nSPS) is 10.3. The Morgan fingerprint density at radius 1 is 1.39 bits per heavy atom. The van der Waals surface area contributed by atoms with Crippen molar-refractivity contribution in [3.63, 3.8) is 0 Å². The van der Waals surface area contributed by atoms with Gasteiger partial charge >= 0.3 is 0 Å². The van der Waals surface area contributed by atoms with Gasteiger partial charge in [0, 0.05) is 13.0 Å². The largest absolute Gasteiger partial charge is 0.240 e. The average Bonchev–Trinajstić information content (AvgIpc) is 2.35. The van der Waals surface area contributed by atoms with Crippen molar-refractivity contribution in [2.45, 2.75) is 25.2 Å². The van der Waals surface area contributed by atoms with Gasteiger partial charge < -0.3 is 0 Å². The second-order valence-electron chi connectivity index (χ2n) is 3.67. The van der Waals surface area contributed by atoms with Crippen LogP contribution >= 0.6 is 0 Å². The molecule has 0 atom stereocenters. The number of benzene rings is 1. The second kappa shape index (κ2) is 6.20. The van der Waals surface area contributed by atoms with Crippen molar-refractivity contribution >= 4 is 10.0 Å². The first-order chi connectivity index (χ1) is 8.51. The topological polar surface area (TPSA) is 70.0 Å². The van der Waals surface area contributed by atoms with Crippen LogP contribution in [-0.2, 0) is 10.0 Å². The molecule has 0 spiro atoms. The predicted octanol–water partition coefficient (Wildman–Crippen LogP) is 1.56. The highest BCUT2D eigenvalue weighted by Crippen LogP contribution is 2.16. The zero-order valence-corrected chi connectivity index (χ0v) is 11.1. The minimum atomic E-state index is -3.57. The number of hydrogen-bond acceptors (Lipinski definition) is 3. The molecule has 0 saturated heterocycles. The summed E-state index contributed by atoms with van der Waals surface area (Å²) in [5.41, 5.74) is 0.942. The van der Waals surface area contributed by atoms with Crippen LogP contribution in [0.3, 0.4) is 0 Å². The van der Waals surface area contributed by atoms with Crippen LogP contribution in [-0.4, -0.2) is 15.0 Å². The van der Waals surface area contributed by atoms with Gasteiger partial charge in [0.2, 0.25) is 10.0 Å². The first-order valence-corrected chi connectivity index (χ1v) is 6.89. The van der Waals surface area contributed by atoms with E-state index in [0.29, 0.717) is 17.5 Å². The molecule has 0 aliphatic heterocycles. The van der Waals surface area contributed by atoms with Gasteiger partial charge in [-0.05, 0) is 31.5 Å². The van der Waals surface area contributed by atoms with Gasteiger partial charge in [-0.3, -0.25) is 0 Å². The van der Waals surface area contributed by atoms with Crippen LogP contribution in [0.25, 0.3) is 0 Å². The molecule has 5 heteroatoms. The number of sulfonamides is 1. The fourth-order valence-corrected chi connectivity index (χ4v) is 2.71. The highest BCUT2D eigenvalue weighted by Gasteiger charge is 2.16. The van der Waals surface area contributed by atoms with E-state index in [0.717, 1.165) is 0 Å². The maximum Gasteiger partial charge on any atom is 0.240 e. The fraction of sp³-hybridized carbons (Fsp3) is 0.308. The molecular weight excluding hydrogens is 248 g/mol. The Kier molecular flexibility index (Phi) is 4.91. The van der Waals surface area contributed by atoms with Crippen LogP contribution in [0.15, 0.2) is 23.1 Å². The highest BCUT2D eigenvalue weighted by atomic mass is 32.2. The van der Waals surface area contributed by atoms with Gasteiger partial charge in [0.1, 0.15) is 0 Å². The quantitative estimate of drug-likeness (QED) is 0.661. The maximum absolute atomic E-state index is 12.0. The van der Waals surface area contributed by atoms with E-state index in [1.807, 2.05) is 6.07 Å². The number of aryl methyl sites for hydroxylation is 1. The Bertz CT molecular complexity index is 631. The lowest BCUT2D eigenvalue weighted by Gasteiger charge is -2.08. The molecule has 0 saturated carbocycles. The molecule has 0 amide bonds. The Labute approximate surface area is 108 Å². The summed E-state index contributed by atoms with van der Waals surface area (Å²) in [7, 11) is -3.57. The molecule has 0 unspecified atom stereocenters. The minimum absolute atomic E-state index is 0.144. The third-order valence-electron chi connectivity index (χ3n) is 2.33. The molecule has 0 aliphatic rings. The summed E-state index contributed by atoms with van der Waals surface area (Å²) in [6.07, 6.45) is 0.465. The van der Waals surface area contributed by atoms with Gasteiger partial charge in [0.15, 0.2) is 0 Å². The molecule has 0 heterocycles. The van der Waals surface area contributed by atoms with Crippen LogP contribution < -0.4 is 4.72 Å². The van der Waals surface area contributed by atoms with Crippen molar-refractivity contribution in [2.24, 2.45) is 0 Å². The van der Waals surface area contributed by atoms with E-state index in [4.69, 9.17) is 5.26 Å². The highest BCUT2D eigenvalue weighted by molar-refractivity contribution is 7.89. The van der Waals surface area contributed by atoms with E-state index >= 15 is 0 Å². The lowest BCUT2D eigenvalue weighted by molar-refractivity contribution is 0.582. The Balaban J connectivity index is 2.97. The molecular formula is C13H14N2O2S. The standard InChI is InChI=1S/C13H14N2O2S/c1-3-4-5-8-15-18(16,17)13-9-12(10-14)7-6-11(13)2/h6-7,9,15H,5,8H2,1-2H3. The molecule has 18 heavy (non-hydrogen) atoms. The summed E-state index contributed by atoms with van der Waals surface area (Å²) in [6.45, 7) is 3.66. The number of nitrogens with zero attached hydrogens (tertiary/aromatic N) is 1. The van der Waals surface area contributed by atoms with Crippen molar-refractivity contribution in [2.75, 3.05) is 6.54 Å². The fourth-order valence-electron chi connectivity index (χ4n) is 1.41. The van der Waals surface area contributed by atoms with Gasteiger partial charge in [-0.15, -0.1) is 11.8 Å². The molecule has 1 aromatic carbocycles. The van der Waals surface area contributed by atoms with Crippen LogP contribution in [0.4, 0.5) is 0 Å². The number of rotatable bonds is 4. The van der Waals surface area contributed by atoms with Gasteiger partial charge in [-0.1, -0.05) is 6.07 Å². The molecule has 0 aliphatic carbocycles. The van der Waals surface area contributed by atoms with Crippen LogP contribution in [0, 0.1) is 30.1 Å². The van der Waals surface area contributed by atoms with Crippen molar-refractivity contribution in [1.29, 1.82) is 5.26 Å². The summed E-state index contributed by atoms with van der Waals surface area (Å²) in [6, 6.07) is 6.52. The number of hydrogen-bond donors (Lipinski definition) is 1. The molecule has 0 radical (unpaired) electrons. The lowest BCUT2D eigenvalue weighted by atomic mass is 10.2. The van der Waals surface area contributed by atoms with E-state index in [1.165, 1.54) is 6.07 Å². The Morgan fingerprint density at radius 3 is 2.72 bits per heavy atom. The summed E-state index contributed by atoms with van der Waals surface area (Å²) in [4.78, 5) is 0.144. The zero-order chi connectivity index (χ0) is 13.6. The first-order valence-electron chi connectivity index (χ1n) is 5.41. The molecule has 1 aromatic rings. The smallest absolute Gasteiger partial charge is 0.210 e. The third kappa shape index (κ3) is 3.59. The maximum atomic E-state index is 12.0. The van der Waals surface area contributed by atoms with Crippen molar-refractivity contribution < 1.29 is 8.42 Å².